The number of ether oxygens (including phenoxy) is 2. The van der Waals surface area contributed by atoms with E-state index in [0.717, 1.165) is 12.0 Å². The van der Waals surface area contributed by atoms with Crippen LogP contribution in [0.25, 0.3) is 0 Å². The molecule has 126 valence electrons. The van der Waals surface area contributed by atoms with Gasteiger partial charge in [0.05, 0.1) is 18.8 Å². The molecule has 1 aromatic carbocycles. The van der Waals surface area contributed by atoms with Crippen LogP contribution in [0.15, 0.2) is 36.5 Å². The number of carbonyl (C=O) groups is 1. The zero-order valence-electron chi connectivity index (χ0n) is 12.8. The number of nitrogens with one attached hydrogen (secondary N) is 1. The molecule has 24 heavy (non-hydrogen) atoms. The molecular formula is C17H16Cl2N2O3. The van der Waals surface area contributed by atoms with Gasteiger partial charge in [-0.1, -0.05) is 35.3 Å². The van der Waals surface area contributed by atoms with E-state index in [4.69, 9.17) is 32.7 Å². The second kappa shape index (κ2) is 7.83. The minimum Gasteiger partial charge on any atom is -0.471 e. The third-order valence-corrected chi connectivity index (χ3v) is 4.12. The van der Waals surface area contributed by atoms with Crippen molar-refractivity contribution >= 4 is 29.1 Å². The summed E-state index contributed by atoms with van der Waals surface area (Å²) in [6.45, 7) is 1.60. The fourth-order valence-electron chi connectivity index (χ4n) is 2.29. The number of aromatic nitrogens is 1. The first kappa shape index (κ1) is 17.0. The number of halogens is 2. The number of nitrogens with zero attached hydrogens (tertiary/aromatic N) is 1. The van der Waals surface area contributed by atoms with E-state index < -0.39 is 0 Å². The molecule has 3 rings (SSSR count). The molecule has 1 unspecified atom stereocenters. The van der Waals surface area contributed by atoms with Crippen molar-refractivity contribution in [2.75, 3.05) is 13.2 Å². The third-order valence-electron chi connectivity index (χ3n) is 3.60. The van der Waals surface area contributed by atoms with Gasteiger partial charge in [-0.05, 0) is 23.8 Å². The normalized spacial score (nSPS) is 16.8. The van der Waals surface area contributed by atoms with Crippen LogP contribution in [0.4, 0.5) is 0 Å². The van der Waals surface area contributed by atoms with Gasteiger partial charge in [-0.2, -0.15) is 0 Å². The highest BCUT2D eigenvalue weighted by atomic mass is 35.5. The van der Waals surface area contributed by atoms with Crippen LogP contribution in [0.1, 0.15) is 22.3 Å². The lowest BCUT2D eigenvalue weighted by molar-refractivity contribution is 0.0950. The largest absolute Gasteiger partial charge is 0.471 e. The Balaban J connectivity index is 1.60. The Morgan fingerprint density at radius 2 is 2.12 bits per heavy atom. The first-order chi connectivity index (χ1) is 11.6. The van der Waals surface area contributed by atoms with Crippen LogP contribution in [0.5, 0.6) is 5.88 Å². The molecule has 0 saturated carbocycles. The van der Waals surface area contributed by atoms with Crippen LogP contribution in [-0.4, -0.2) is 30.2 Å². The van der Waals surface area contributed by atoms with Crippen molar-refractivity contribution in [1.82, 2.24) is 10.3 Å². The van der Waals surface area contributed by atoms with E-state index >= 15 is 0 Å². The molecule has 0 bridgehead atoms. The van der Waals surface area contributed by atoms with E-state index in [1.807, 2.05) is 12.1 Å². The number of benzene rings is 1. The van der Waals surface area contributed by atoms with Crippen molar-refractivity contribution in [3.05, 3.63) is 57.7 Å². The molecule has 1 fully saturated rings. The first-order valence-electron chi connectivity index (χ1n) is 7.54. The third kappa shape index (κ3) is 4.38. The molecule has 2 aromatic rings. The van der Waals surface area contributed by atoms with Gasteiger partial charge in [-0.15, -0.1) is 0 Å². The summed E-state index contributed by atoms with van der Waals surface area (Å²) in [7, 11) is 0. The molecule has 0 spiro atoms. The van der Waals surface area contributed by atoms with Crippen molar-refractivity contribution in [3.63, 3.8) is 0 Å². The fraction of sp³-hybridized carbons (Fsp3) is 0.294. The van der Waals surface area contributed by atoms with Crippen LogP contribution in [0.3, 0.4) is 0 Å². The summed E-state index contributed by atoms with van der Waals surface area (Å²) < 4.78 is 10.9. The van der Waals surface area contributed by atoms with E-state index in [0.29, 0.717) is 41.2 Å². The SMILES string of the molecule is O=C(NCc1ccc(Cl)cc1)c1cnc(OC2CCOC2)c(Cl)c1. The van der Waals surface area contributed by atoms with Crippen LogP contribution in [0.2, 0.25) is 10.0 Å². The molecule has 0 aliphatic carbocycles. The minimum absolute atomic E-state index is 0.0421. The lowest BCUT2D eigenvalue weighted by Crippen LogP contribution is -2.23. The van der Waals surface area contributed by atoms with E-state index in [1.165, 1.54) is 6.20 Å². The molecule has 1 aliphatic heterocycles. The van der Waals surface area contributed by atoms with Crippen molar-refractivity contribution in [2.45, 2.75) is 19.1 Å². The van der Waals surface area contributed by atoms with Gasteiger partial charge < -0.3 is 14.8 Å². The lowest BCUT2D eigenvalue weighted by atomic mass is 10.2. The zero-order valence-corrected chi connectivity index (χ0v) is 14.3. The van der Waals surface area contributed by atoms with E-state index in [9.17, 15) is 4.79 Å². The Morgan fingerprint density at radius 1 is 1.33 bits per heavy atom. The summed E-state index contributed by atoms with van der Waals surface area (Å²) in [5.41, 5.74) is 1.33. The van der Waals surface area contributed by atoms with Gasteiger partial charge in [-0.25, -0.2) is 4.98 Å². The number of pyridine rings is 1. The topological polar surface area (TPSA) is 60.5 Å². The zero-order chi connectivity index (χ0) is 16.9. The van der Waals surface area contributed by atoms with Gasteiger partial charge in [-0.3, -0.25) is 4.79 Å². The Labute approximate surface area is 149 Å². The van der Waals surface area contributed by atoms with Crippen LogP contribution in [0, 0.1) is 0 Å². The predicted octanol–water partition coefficient (Wildman–Crippen LogP) is 3.49. The molecule has 5 nitrogen and oxygen atoms in total. The van der Waals surface area contributed by atoms with E-state index in [2.05, 4.69) is 10.3 Å². The highest BCUT2D eigenvalue weighted by Gasteiger charge is 2.20. The van der Waals surface area contributed by atoms with Crippen LogP contribution < -0.4 is 10.1 Å². The second-order valence-electron chi connectivity index (χ2n) is 5.42. The summed E-state index contributed by atoms with van der Waals surface area (Å²) in [6.07, 6.45) is 2.22. The molecular weight excluding hydrogens is 351 g/mol. The van der Waals surface area contributed by atoms with Crippen molar-refractivity contribution < 1.29 is 14.3 Å². The summed E-state index contributed by atoms with van der Waals surface area (Å²) in [6, 6.07) is 8.82. The van der Waals surface area contributed by atoms with Gasteiger partial charge in [0.1, 0.15) is 11.1 Å². The fourth-order valence-corrected chi connectivity index (χ4v) is 2.62. The Hall–Kier alpha value is -1.82. The van der Waals surface area contributed by atoms with Gasteiger partial charge >= 0.3 is 0 Å². The molecule has 1 N–H and O–H groups in total. The number of hydrogen-bond donors (Lipinski definition) is 1. The smallest absolute Gasteiger partial charge is 0.253 e. The maximum Gasteiger partial charge on any atom is 0.253 e. The number of rotatable bonds is 5. The second-order valence-corrected chi connectivity index (χ2v) is 6.27. The average Bonchev–Trinajstić information content (AvgIpc) is 3.09. The molecule has 1 amide bonds. The van der Waals surface area contributed by atoms with Crippen LogP contribution >= 0.6 is 23.2 Å². The maximum absolute atomic E-state index is 12.2. The number of carbonyl (C=O) groups excluding carboxylic acids is 1. The standard InChI is InChI=1S/C17H16Cl2N2O3/c18-13-3-1-11(2-4-13)8-20-16(22)12-7-15(19)17(21-9-12)24-14-5-6-23-10-14/h1-4,7,9,14H,5-6,8,10H2,(H,20,22). The molecule has 7 heteroatoms. The number of amides is 1. The first-order valence-corrected chi connectivity index (χ1v) is 8.30. The Bertz CT molecular complexity index is 716. The van der Waals surface area contributed by atoms with Gasteiger partial charge in [0, 0.05) is 24.2 Å². The predicted molar refractivity (Wildman–Crippen MR) is 91.7 cm³/mol. The lowest BCUT2D eigenvalue weighted by Gasteiger charge is -2.12. The Morgan fingerprint density at radius 3 is 2.79 bits per heavy atom. The van der Waals surface area contributed by atoms with E-state index in [1.54, 1.807) is 18.2 Å². The number of hydrogen-bond acceptors (Lipinski definition) is 4. The highest BCUT2D eigenvalue weighted by molar-refractivity contribution is 6.32. The van der Waals surface area contributed by atoms with Gasteiger partial charge in [0.2, 0.25) is 5.88 Å². The van der Waals surface area contributed by atoms with E-state index in [-0.39, 0.29) is 12.0 Å². The van der Waals surface area contributed by atoms with Crippen molar-refractivity contribution in [3.8, 4) is 5.88 Å². The molecule has 2 heterocycles. The molecule has 1 saturated heterocycles. The van der Waals surface area contributed by atoms with Crippen molar-refractivity contribution in [1.29, 1.82) is 0 Å². The molecule has 1 atom stereocenters. The molecule has 1 aromatic heterocycles. The quantitative estimate of drug-likeness (QED) is 0.879. The van der Waals surface area contributed by atoms with Crippen LogP contribution in [-0.2, 0) is 11.3 Å². The molecule has 0 radical (unpaired) electrons. The minimum atomic E-state index is -0.255. The summed E-state index contributed by atoms with van der Waals surface area (Å²) in [5, 5.41) is 3.78. The monoisotopic (exact) mass is 366 g/mol. The van der Waals surface area contributed by atoms with Gasteiger partial charge in [0.25, 0.3) is 5.91 Å². The summed E-state index contributed by atoms with van der Waals surface area (Å²) >= 11 is 12.0. The Kier molecular flexibility index (Phi) is 5.56. The average molecular weight is 367 g/mol. The van der Waals surface area contributed by atoms with Gasteiger partial charge in [0.15, 0.2) is 0 Å². The summed E-state index contributed by atoms with van der Waals surface area (Å²) in [4.78, 5) is 16.3. The molecule has 1 aliphatic rings. The maximum atomic E-state index is 12.2. The van der Waals surface area contributed by atoms with Crippen molar-refractivity contribution in [2.24, 2.45) is 0 Å². The highest BCUT2D eigenvalue weighted by Crippen LogP contribution is 2.25. The summed E-state index contributed by atoms with van der Waals surface area (Å²) in [5.74, 6) is 0.0662.